The van der Waals surface area contributed by atoms with Crippen LogP contribution in [0.15, 0.2) is 22.7 Å². The molecular weight excluding hydrogens is 332 g/mol. The molecule has 0 bridgehead atoms. The van der Waals surface area contributed by atoms with E-state index in [-0.39, 0.29) is 6.61 Å². The monoisotopic (exact) mass is 358 g/mol. The van der Waals surface area contributed by atoms with Crippen LogP contribution >= 0.6 is 15.9 Å². The smallest absolute Gasteiger partial charge is 0.0587 e. The Morgan fingerprint density at radius 3 is 2.76 bits per heavy atom. The van der Waals surface area contributed by atoms with E-state index in [1.54, 1.807) is 7.11 Å². The van der Waals surface area contributed by atoms with Crippen LogP contribution in [0.25, 0.3) is 0 Å². The lowest BCUT2D eigenvalue weighted by Crippen LogP contribution is -2.33. The molecule has 0 aliphatic rings. The van der Waals surface area contributed by atoms with Crippen LogP contribution in [0.5, 0.6) is 0 Å². The molecule has 1 aromatic rings. The minimum atomic E-state index is 0.221. The van der Waals surface area contributed by atoms with Gasteiger partial charge in [0.2, 0.25) is 0 Å². The van der Waals surface area contributed by atoms with Crippen LogP contribution in [-0.2, 0) is 11.3 Å². The second-order valence-corrected chi connectivity index (χ2v) is 6.22. The van der Waals surface area contributed by atoms with Gasteiger partial charge in [0.15, 0.2) is 0 Å². The third kappa shape index (κ3) is 6.34. The molecule has 21 heavy (non-hydrogen) atoms. The molecule has 1 aromatic carbocycles. The highest BCUT2D eigenvalue weighted by Gasteiger charge is 2.14. The highest BCUT2D eigenvalue weighted by atomic mass is 79.9. The van der Waals surface area contributed by atoms with E-state index in [0.717, 1.165) is 30.5 Å². The Kier molecular flexibility index (Phi) is 8.92. The van der Waals surface area contributed by atoms with Crippen molar-refractivity contribution in [3.63, 3.8) is 0 Å². The molecule has 0 saturated heterocycles. The Hall–Kier alpha value is -0.620. The van der Waals surface area contributed by atoms with E-state index in [1.807, 2.05) is 0 Å². The summed E-state index contributed by atoms with van der Waals surface area (Å²) in [6.45, 7) is 7.80. The van der Waals surface area contributed by atoms with Crippen LogP contribution in [0.3, 0.4) is 0 Å². The summed E-state index contributed by atoms with van der Waals surface area (Å²) in [5.41, 5.74) is 2.48. The molecule has 0 aliphatic heterocycles. The number of halogens is 1. The predicted octanol–water partition coefficient (Wildman–Crippen LogP) is 2.78. The van der Waals surface area contributed by atoms with Gasteiger partial charge < -0.3 is 20.1 Å². The molecule has 2 N–H and O–H groups in total. The first-order valence-electron chi connectivity index (χ1n) is 7.45. The van der Waals surface area contributed by atoms with Gasteiger partial charge in [-0.15, -0.1) is 0 Å². The molecular formula is C16H27BrN2O2. The van der Waals surface area contributed by atoms with E-state index in [9.17, 15) is 0 Å². The van der Waals surface area contributed by atoms with Gasteiger partial charge in [-0.05, 0) is 38.0 Å². The van der Waals surface area contributed by atoms with Gasteiger partial charge in [-0.3, -0.25) is 0 Å². The molecule has 0 atom stereocenters. The molecule has 0 aliphatic carbocycles. The molecule has 5 heteroatoms. The number of anilines is 1. The fourth-order valence-electron chi connectivity index (χ4n) is 2.25. The third-order valence-electron chi connectivity index (χ3n) is 3.34. The van der Waals surface area contributed by atoms with Gasteiger partial charge in [0.25, 0.3) is 0 Å². The lowest BCUT2D eigenvalue weighted by atomic mass is 10.1. The Labute approximate surface area is 136 Å². The number of ether oxygens (including phenoxy) is 1. The zero-order valence-corrected chi connectivity index (χ0v) is 14.8. The van der Waals surface area contributed by atoms with Crippen molar-refractivity contribution in [3.8, 4) is 0 Å². The quantitative estimate of drug-likeness (QED) is 0.631. The van der Waals surface area contributed by atoms with Gasteiger partial charge in [0.1, 0.15) is 0 Å². The summed E-state index contributed by atoms with van der Waals surface area (Å²) in [5, 5.41) is 12.5. The number of nitrogens with zero attached hydrogens (tertiary/aromatic N) is 1. The molecule has 120 valence electrons. The molecule has 0 unspecified atom stereocenters. The molecule has 0 saturated carbocycles. The lowest BCUT2D eigenvalue weighted by molar-refractivity contribution is 0.199. The summed E-state index contributed by atoms with van der Waals surface area (Å²) >= 11 is 3.56. The average Bonchev–Trinajstić information content (AvgIpc) is 2.45. The standard InChI is InChI=1S/C16H27BrN2O2/c1-13(2)19(8-4-9-20)16-11-15(17)6-5-14(16)12-18-7-10-21-3/h5-6,11,13,18,20H,4,7-10,12H2,1-3H3. The van der Waals surface area contributed by atoms with Gasteiger partial charge in [-0.25, -0.2) is 0 Å². The summed E-state index contributed by atoms with van der Waals surface area (Å²) in [6, 6.07) is 6.77. The zero-order valence-electron chi connectivity index (χ0n) is 13.2. The number of aliphatic hydroxyl groups excluding tert-OH is 1. The van der Waals surface area contributed by atoms with E-state index in [0.29, 0.717) is 12.6 Å². The van der Waals surface area contributed by atoms with Crippen molar-refractivity contribution in [3.05, 3.63) is 28.2 Å². The summed E-state index contributed by atoms with van der Waals surface area (Å²) in [7, 11) is 1.71. The number of nitrogens with one attached hydrogen (secondary N) is 1. The summed E-state index contributed by atoms with van der Waals surface area (Å²) < 4.78 is 6.14. The van der Waals surface area contributed by atoms with Gasteiger partial charge in [-0.1, -0.05) is 22.0 Å². The number of rotatable bonds is 10. The molecule has 0 fully saturated rings. The fourth-order valence-corrected chi connectivity index (χ4v) is 2.60. The lowest BCUT2D eigenvalue weighted by Gasteiger charge is -2.31. The molecule has 0 aromatic heterocycles. The Balaban J connectivity index is 2.87. The van der Waals surface area contributed by atoms with Crippen molar-refractivity contribution in [2.45, 2.75) is 32.9 Å². The number of methoxy groups -OCH3 is 1. The minimum absolute atomic E-state index is 0.221. The molecule has 0 heterocycles. The number of hydrogen-bond donors (Lipinski definition) is 2. The van der Waals surface area contributed by atoms with Gasteiger partial charge in [-0.2, -0.15) is 0 Å². The van der Waals surface area contributed by atoms with E-state index in [4.69, 9.17) is 9.84 Å². The zero-order chi connectivity index (χ0) is 15.7. The van der Waals surface area contributed by atoms with E-state index in [1.165, 1.54) is 11.3 Å². The first kappa shape index (κ1) is 18.4. The maximum Gasteiger partial charge on any atom is 0.0587 e. The van der Waals surface area contributed by atoms with Crippen LogP contribution in [0.4, 0.5) is 5.69 Å². The summed E-state index contributed by atoms with van der Waals surface area (Å²) in [6.07, 6.45) is 0.779. The Bertz CT molecular complexity index is 413. The normalized spacial score (nSPS) is 11.1. The van der Waals surface area contributed by atoms with Crippen molar-refractivity contribution in [1.82, 2.24) is 5.32 Å². The minimum Gasteiger partial charge on any atom is -0.396 e. The van der Waals surface area contributed by atoms with Gasteiger partial charge >= 0.3 is 0 Å². The maximum absolute atomic E-state index is 9.11. The van der Waals surface area contributed by atoms with E-state index >= 15 is 0 Å². The average molecular weight is 359 g/mol. The van der Waals surface area contributed by atoms with Gasteiger partial charge in [0.05, 0.1) is 6.61 Å². The molecule has 4 nitrogen and oxygen atoms in total. The third-order valence-corrected chi connectivity index (χ3v) is 3.83. The van der Waals surface area contributed by atoms with Gasteiger partial charge in [0, 0.05) is 49.6 Å². The van der Waals surface area contributed by atoms with Crippen molar-refractivity contribution in [1.29, 1.82) is 0 Å². The van der Waals surface area contributed by atoms with Crippen molar-refractivity contribution < 1.29 is 9.84 Å². The number of benzene rings is 1. The largest absolute Gasteiger partial charge is 0.396 e. The second kappa shape index (κ2) is 10.2. The topological polar surface area (TPSA) is 44.7 Å². The highest BCUT2D eigenvalue weighted by Crippen LogP contribution is 2.27. The SMILES string of the molecule is COCCNCc1ccc(Br)cc1N(CCCO)C(C)C. The van der Waals surface area contributed by atoms with E-state index < -0.39 is 0 Å². The van der Waals surface area contributed by atoms with Crippen LogP contribution in [0, 0.1) is 0 Å². The summed E-state index contributed by atoms with van der Waals surface area (Å²) in [4.78, 5) is 2.34. The maximum atomic E-state index is 9.11. The predicted molar refractivity (Wildman–Crippen MR) is 91.9 cm³/mol. The second-order valence-electron chi connectivity index (χ2n) is 5.31. The Morgan fingerprint density at radius 2 is 2.14 bits per heavy atom. The first-order valence-corrected chi connectivity index (χ1v) is 8.25. The Morgan fingerprint density at radius 1 is 1.38 bits per heavy atom. The number of aliphatic hydroxyl groups is 1. The summed E-state index contributed by atoms with van der Waals surface area (Å²) in [5.74, 6) is 0. The van der Waals surface area contributed by atoms with Crippen molar-refractivity contribution in [2.24, 2.45) is 0 Å². The van der Waals surface area contributed by atoms with Crippen molar-refractivity contribution >= 4 is 21.6 Å². The van der Waals surface area contributed by atoms with Crippen LogP contribution in [-0.4, -0.2) is 44.6 Å². The van der Waals surface area contributed by atoms with Crippen LogP contribution < -0.4 is 10.2 Å². The molecule has 0 spiro atoms. The fraction of sp³-hybridized carbons (Fsp3) is 0.625. The molecule has 0 radical (unpaired) electrons. The molecule has 0 amide bonds. The van der Waals surface area contributed by atoms with Crippen LogP contribution in [0.1, 0.15) is 25.8 Å². The first-order chi connectivity index (χ1) is 10.1. The van der Waals surface area contributed by atoms with Crippen LogP contribution in [0.2, 0.25) is 0 Å². The van der Waals surface area contributed by atoms with Crippen molar-refractivity contribution in [2.75, 3.05) is 38.3 Å². The molecule has 1 rings (SSSR count). The highest BCUT2D eigenvalue weighted by molar-refractivity contribution is 9.10. The number of hydrogen-bond acceptors (Lipinski definition) is 4. The van der Waals surface area contributed by atoms with E-state index in [2.05, 4.69) is 58.2 Å².